The average molecular weight is 347 g/mol. The number of hydrogen-bond donors (Lipinski definition) is 2. The number of anilines is 1. The number of benzene rings is 2. The number of rotatable bonds is 8. The number of para-hydroxylation sites is 1. The Labute approximate surface area is 148 Å². The molecule has 0 saturated heterocycles. The van der Waals surface area contributed by atoms with Crippen molar-refractivity contribution in [3.63, 3.8) is 0 Å². The van der Waals surface area contributed by atoms with Crippen molar-refractivity contribution in [2.24, 2.45) is 0 Å². The van der Waals surface area contributed by atoms with E-state index in [0.29, 0.717) is 17.3 Å². The molecular formula is C19H23ClN2O2. The summed E-state index contributed by atoms with van der Waals surface area (Å²) in [6, 6.07) is 15.3. The van der Waals surface area contributed by atoms with Crippen LogP contribution in [0.15, 0.2) is 48.5 Å². The Hall–Kier alpha value is -2.20. The second-order valence-electron chi connectivity index (χ2n) is 5.61. The molecule has 1 atom stereocenters. The maximum absolute atomic E-state index is 12.1. The number of carbonyl (C=O) groups excluding carboxylic acids is 1. The van der Waals surface area contributed by atoms with Gasteiger partial charge in [-0.1, -0.05) is 29.8 Å². The molecule has 1 unspecified atom stereocenters. The van der Waals surface area contributed by atoms with E-state index in [1.54, 1.807) is 19.1 Å². The van der Waals surface area contributed by atoms with Gasteiger partial charge in [0.25, 0.3) is 5.91 Å². The van der Waals surface area contributed by atoms with E-state index >= 15 is 0 Å². The number of amides is 1. The smallest absolute Gasteiger partial charge is 0.260 e. The summed E-state index contributed by atoms with van der Waals surface area (Å²) in [6.07, 6.45) is 0.291. The summed E-state index contributed by atoms with van der Waals surface area (Å²) in [5.41, 5.74) is 1.99. The van der Waals surface area contributed by atoms with Gasteiger partial charge >= 0.3 is 0 Å². The van der Waals surface area contributed by atoms with Gasteiger partial charge in [-0.15, -0.1) is 0 Å². The van der Waals surface area contributed by atoms with E-state index in [1.807, 2.05) is 43.3 Å². The molecule has 2 aromatic rings. The lowest BCUT2D eigenvalue weighted by molar-refractivity contribution is -0.127. The summed E-state index contributed by atoms with van der Waals surface area (Å²) in [5, 5.41) is 6.85. The van der Waals surface area contributed by atoms with Gasteiger partial charge in [-0.05, 0) is 56.2 Å². The maximum atomic E-state index is 12.1. The number of ether oxygens (including phenoxy) is 1. The third kappa shape index (κ3) is 5.78. The number of hydrogen-bond acceptors (Lipinski definition) is 3. The van der Waals surface area contributed by atoms with E-state index in [4.69, 9.17) is 16.3 Å². The topological polar surface area (TPSA) is 50.4 Å². The lowest BCUT2D eigenvalue weighted by atomic mass is 10.2. The molecule has 24 heavy (non-hydrogen) atoms. The molecule has 5 heteroatoms. The van der Waals surface area contributed by atoms with Gasteiger partial charge in [0.2, 0.25) is 0 Å². The third-order valence-corrected chi connectivity index (χ3v) is 3.80. The predicted octanol–water partition coefficient (Wildman–Crippen LogP) is 4.03. The molecule has 4 nitrogen and oxygen atoms in total. The fraction of sp³-hybridized carbons (Fsp3) is 0.316. The molecule has 0 bridgehead atoms. The van der Waals surface area contributed by atoms with E-state index < -0.39 is 6.10 Å². The molecule has 1 amide bonds. The zero-order chi connectivity index (χ0) is 17.4. The van der Waals surface area contributed by atoms with E-state index in [-0.39, 0.29) is 5.91 Å². The Morgan fingerprint density at radius 2 is 1.92 bits per heavy atom. The van der Waals surface area contributed by atoms with Crippen LogP contribution in [0.3, 0.4) is 0 Å². The average Bonchev–Trinajstić information content (AvgIpc) is 2.57. The van der Waals surface area contributed by atoms with Crippen LogP contribution in [0.4, 0.5) is 5.69 Å². The van der Waals surface area contributed by atoms with Crippen LogP contribution in [0.1, 0.15) is 18.9 Å². The van der Waals surface area contributed by atoms with Crippen LogP contribution in [0.2, 0.25) is 5.02 Å². The van der Waals surface area contributed by atoms with Crippen molar-refractivity contribution in [3.05, 3.63) is 59.1 Å². The van der Waals surface area contributed by atoms with Crippen LogP contribution in [-0.2, 0) is 4.79 Å². The highest BCUT2D eigenvalue weighted by Gasteiger charge is 2.15. The number of aryl methyl sites for hydroxylation is 1. The SMILES string of the molecule is Cc1cc(Cl)ccc1OC(C)C(=O)NCCCNc1ccccc1. The van der Waals surface area contributed by atoms with E-state index in [9.17, 15) is 4.79 Å². The zero-order valence-electron chi connectivity index (χ0n) is 14.0. The minimum atomic E-state index is -0.549. The third-order valence-electron chi connectivity index (χ3n) is 3.57. The summed E-state index contributed by atoms with van der Waals surface area (Å²) < 4.78 is 5.70. The van der Waals surface area contributed by atoms with Crippen molar-refractivity contribution >= 4 is 23.2 Å². The van der Waals surface area contributed by atoms with Crippen LogP contribution >= 0.6 is 11.6 Å². The van der Waals surface area contributed by atoms with E-state index in [2.05, 4.69) is 10.6 Å². The molecule has 2 aromatic carbocycles. The summed E-state index contributed by atoms with van der Waals surface area (Å²) in [5.74, 6) is 0.553. The highest BCUT2D eigenvalue weighted by Crippen LogP contribution is 2.22. The second kappa shape index (κ2) is 9.18. The standard InChI is InChI=1S/C19H23ClN2O2/c1-14-13-16(20)9-10-18(14)24-15(2)19(23)22-12-6-11-21-17-7-4-3-5-8-17/h3-5,7-10,13,15,21H,6,11-12H2,1-2H3,(H,22,23). The van der Waals surface area contributed by atoms with Gasteiger partial charge in [-0.2, -0.15) is 0 Å². The minimum absolute atomic E-state index is 0.121. The zero-order valence-corrected chi connectivity index (χ0v) is 14.8. The summed E-state index contributed by atoms with van der Waals surface area (Å²) in [4.78, 5) is 12.1. The molecule has 2 N–H and O–H groups in total. The van der Waals surface area contributed by atoms with Crippen LogP contribution in [0.25, 0.3) is 0 Å². The Kier molecular flexibility index (Phi) is 6.94. The summed E-state index contributed by atoms with van der Waals surface area (Å²) in [7, 11) is 0. The largest absolute Gasteiger partial charge is 0.481 e. The quantitative estimate of drug-likeness (QED) is 0.709. The monoisotopic (exact) mass is 346 g/mol. The fourth-order valence-corrected chi connectivity index (χ4v) is 2.45. The molecule has 0 fully saturated rings. The normalized spacial score (nSPS) is 11.6. The highest BCUT2D eigenvalue weighted by molar-refractivity contribution is 6.30. The van der Waals surface area contributed by atoms with Crippen molar-refractivity contribution in [1.82, 2.24) is 5.32 Å². The first-order valence-corrected chi connectivity index (χ1v) is 8.43. The summed E-state index contributed by atoms with van der Waals surface area (Å²) >= 11 is 5.92. The Morgan fingerprint density at radius 1 is 1.17 bits per heavy atom. The first kappa shape index (κ1) is 18.1. The van der Waals surface area contributed by atoms with Crippen LogP contribution in [-0.4, -0.2) is 25.1 Å². The molecular weight excluding hydrogens is 324 g/mol. The minimum Gasteiger partial charge on any atom is -0.481 e. The van der Waals surface area contributed by atoms with Crippen molar-refractivity contribution < 1.29 is 9.53 Å². The highest BCUT2D eigenvalue weighted by atomic mass is 35.5. The molecule has 2 rings (SSSR count). The Bertz CT molecular complexity index is 662. The van der Waals surface area contributed by atoms with Crippen LogP contribution < -0.4 is 15.4 Å². The number of halogens is 1. The van der Waals surface area contributed by atoms with Gasteiger partial charge in [0.05, 0.1) is 0 Å². The van der Waals surface area contributed by atoms with Crippen LogP contribution in [0.5, 0.6) is 5.75 Å². The second-order valence-corrected chi connectivity index (χ2v) is 6.04. The van der Waals surface area contributed by atoms with Gasteiger partial charge in [0.15, 0.2) is 6.10 Å². The molecule has 0 aliphatic rings. The molecule has 0 heterocycles. The lowest BCUT2D eigenvalue weighted by Gasteiger charge is -2.16. The maximum Gasteiger partial charge on any atom is 0.260 e. The molecule has 0 aliphatic carbocycles. The molecule has 0 saturated carbocycles. The van der Waals surface area contributed by atoms with Gasteiger partial charge in [0, 0.05) is 23.8 Å². The van der Waals surface area contributed by atoms with E-state index in [1.165, 1.54) is 0 Å². The van der Waals surface area contributed by atoms with Gasteiger partial charge in [-0.3, -0.25) is 4.79 Å². The van der Waals surface area contributed by atoms with Crippen molar-refractivity contribution in [1.29, 1.82) is 0 Å². The molecule has 0 spiro atoms. The Morgan fingerprint density at radius 3 is 2.62 bits per heavy atom. The fourth-order valence-electron chi connectivity index (χ4n) is 2.22. The van der Waals surface area contributed by atoms with Gasteiger partial charge in [-0.25, -0.2) is 0 Å². The summed E-state index contributed by atoms with van der Waals surface area (Å²) in [6.45, 7) is 5.05. The van der Waals surface area contributed by atoms with E-state index in [0.717, 1.165) is 24.2 Å². The van der Waals surface area contributed by atoms with Crippen LogP contribution in [0, 0.1) is 6.92 Å². The van der Waals surface area contributed by atoms with Crippen molar-refractivity contribution in [3.8, 4) is 5.75 Å². The molecule has 0 aromatic heterocycles. The van der Waals surface area contributed by atoms with Gasteiger partial charge < -0.3 is 15.4 Å². The Balaban J connectivity index is 1.68. The number of nitrogens with one attached hydrogen (secondary N) is 2. The van der Waals surface area contributed by atoms with Gasteiger partial charge in [0.1, 0.15) is 5.75 Å². The molecule has 128 valence electrons. The van der Waals surface area contributed by atoms with Crippen molar-refractivity contribution in [2.45, 2.75) is 26.4 Å². The molecule has 0 radical (unpaired) electrons. The first-order chi connectivity index (χ1) is 11.6. The van der Waals surface area contributed by atoms with Crippen molar-refractivity contribution in [2.75, 3.05) is 18.4 Å². The molecule has 0 aliphatic heterocycles. The predicted molar refractivity (Wildman–Crippen MR) is 98.8 cm³/mol. The first-order valence-electron chi connectivity index (χ1n) is 8.05. The number of carbonyl (C=O) groups is 1. The lowest BCUT2D eigenvalue weighted by Crippen LogP contribution is -2.37.